The molecule has 0 saturated heterocycles. The van der Waals surface area contributed by atoms with Crippen molar-refractivity contribution in [2.24, 2.45) is 21.9 Å². The Morgan fingerprint density at radius 3 is 2.91 bits per heavy atom. The van der Waals surface area contributed by atoms with Gasteiger partial charge >= 0.3 is 0 Å². The molecule has 1 fully saturated rings. The maximum atomic E-state index is 10.4. The van der Waals surface area contributed by atoms with E-state index < -0.39 is 24.2 Å². The van der Waals surface area contributed by atoms with E-state index in [2.05, 4.69) is 21.9 Å². The summed E-state index contributed by atoms with van der Waals surface area (Å²) in [4.78, 5) is 4.15. The summed E-state index contributed by atoms with van der Waals surface area (Å²) >= 11 is 0. The van der Waals surface area contributed by atoms with Crippen molar-refractivity contribution in [2.45, 2.75) is 44.1 Å². The lowest BCUT2D eigenvalue weighted by Crippen LogP contribution is -2.33. The zero-order valence-corrected chi connectivity index (χ0v) is 12.8. The Labute approximate surface area is 134 Å². The number of amidine groups is 1. The lowest BCUT2D eigenvalue weighted by molar-refractivity contribution is -0.0142. The van der Waals surface area contributed by atoms with Crippen LogP contribution < -0.4 is 5.84 Å². The summed E-state index contributed by atoms with van der Waals surface area (Å²) in [7, 11) is 0. The number of aliphatic imine (C=N–C) groups is 1. The molecule has 1 aliphatic heterocycles. The fourth-order valence-corrected chi connectivity index (χ4v) is 3.49. The van der Waals surface area contributed by atoms with Gasteiger partial charge in [-0.2, -0.15) is 5.10 Å². The van der Waals surface area contributed by atoms with Crippen molar-refractivity contribution in [1.29, 1.82) is 0 Å². The van der Waals surface area contributed by atoms with Crippen LogP contribution in [0, 0.1) is 17.8 Å². The van der Waals surface area contributed by atoms with Crippen LogP contribution in [-0.4, -0.2) is 50.2 Å². The van der Waals surface area contributed by atoms with Crippen molar-refractivity contribution < 1.29 is 15.3 Å². The van der Waals surface area contributed by atoms with Gasteiger partial charge in [0.15, 0.2) is 5.84 Å². The van der Waals surface area contributed by atoms with Gasteiger partial charge in [-0.15, -0.1) is 5.92 Å². The van der Waals surface area contributed by atoms with E-state index in [1.165, 1.54) is 0 Å². The van der Waals surface area contributed by atoms with E-state index in [9.17, 15) is 15.3 Å². The average molecular weight is 316 g/mol. The standard InChI is InChI=1S/C16H20N4O3/c1-2-3-13(21)10-8-12(15(23)14(10)22)20-7-5-9-11(20)4-6-18-16(9)19-17/h5-7,10,12-15,21-23H,4,8,17H2,1H3/b19-16+/t10-,12-,13-,14-,15+/m1/s1. The van der Waals surface area contributed by atoms with Gasteiger partial charge in [0.2, 0.25) is 0 Å². The Kier molecular flexibility index (Phi) is 4.22. The van der Waals surface area contributed by atoms with Gasteiger partial charge < -0.3 is 25.7 Å². The number of nitrogens with two attached hydrogens (primary N) is 1. The fourth-order valence-electron chi connectivity index (χ4n) is 3.49. The van der Waals surface area contributed by atoms with E-state index >= 15 is 0 Å². The van der Waals surface area contributed by atoms with Gasteiger partial charge in [-0.1, -0.05) is 5.92 Å². The van der Waals surface area contributed by atoms with E-state index in [4.69, 9.17) is 5.84 Å². The molecule has 1 aromatic heterocycles. The lowest BCUT2D eigenvalue weighted by Gasteiger charge is -2.22. The first kappa shape index (κ1) is 15.7. The van der Waals surface area contributed by atoms with Gasteiger partial charge in [-0.25, -0.2) is 4.99 Å². The minimum Gasteiger partial charge on any atom is -0.390 e. The number of hydrogen-bond acceptors (Lipinski definition) is 5. The Balaban J connectivity index is 1.92. The molecule has 5 atom stereocenters. The van der Waals surface area contributed by atoms with Crippen molar-refractivity contribution >= 4 is 12.1 Å². The zero-order chi connectivity index (χ0) is 16.6. The SMILES string of the molecule is CC#C[C@@H](O)[C@H]1C[C@@H](n2ccc3c2CC=N/C3=N/N)[C@H](O)[C@@H]1O. The third-order valence-corrected chi connectivity index (χ3v) is 4.64. The molecule has 2 heterocycles. The van der Waals surface area contributed by atoms with Gasteiger partial charge in [0, 0.05) is 36.0 Å². The molecule has 23 heavy (non-hydrogen) atoms. The second-order valence-corrected chi connectivity index (χ2v) is 5.84. The number of fused-ring (bicyclic) bond motifs is 1. The summed E-state index contributed by atoms with van der Waals surface area (Å²) in [5, 5.41) is 34.4. The van der Waals surface area contributed by atoms with E-state index in [1.807, 2.05) is 16.8 Å². The van der Waals surface area contributed by atoms with Crippen LogP contribution >= 0.6 is 0 Å². The minimum absolute atomic E-state index is 0.336. The zero-order valence-electron chi connectivity index (χ0n) is 12.8. The first-order valence-electron chi connectivity index (χ1n) is 7.55. The minimum atomic E-state index is -1.02. The molecule has 1 saturated carbocycles. The van der Waals surface area contributed by atoms with Crippen molar-refractivity contribution in [1.82, 2.24) is 4.57 Å². The monoisotopic (exact) mass is 316 g/mol. The highest BCUT2D eigenvalue weighted by Crippen LogP contribution is 2.39. The predicted molar refractivity (Wildman–Crippen MR) is 86.0 cm³/mol. The van der Waals surface area contributed by atoms with Crippen LogP contribution in [0.5, 0.6) is 0 Å². The molecule has 0 amide bonds. The van der Waals surface area contributed by atoms with Gasteiger partial charge in [0.05, 0.1) is 12.1 Å². The highest BCUT2D eigenvalue weighted by atomic mass is 16.3. The number of aliphatic hydroxyl groups is 3. The molecule has 3 rings (SSSR count). The van der Waals surface area contributed by atoms with Gasteiger partial charge in [-0.3, -0.25) is 0 Å². The Morgan fingerprint density at radius 2 is 2.22 bits per heavy atom. The van der Waals surface area contributed by atoms with E-state index in [-0.39, 0.29) is 6.04 Å². The Bertz CT molecular complexity index is 713. The first-order valence-corrected chi connectivity index (χ1v) is 7.55. The highest BCUT2D eigenvalue weighted by Gasteiger charge is 2.45. The number of hydrogen-bond donors (Lipinski definition) is 4. The van der Waals surface area contributed by atoms with Crippen molar-refractivity contribution in [3.63, 3.8) is 0 Å². The number of hydrazone groups is 1. The molecule has 7 nitrogen and oxygen atoms in total. The van der Waals surface area contributed by atoms with Crippen LogP contribution in [0.25, 0.3) is 0 Å². The molecule has 0 aromatic carbocycles. The molecule has 0 unspecified atom stereocenters. The Morgan fingerprint density at radius 1 is 1.43 bits per heavy atom. The molecule has 122 valence electrons. The molecular formula is C16H20N4O3. The largest absolute Gasteiger partial charge is 0.390 e. The van der Waals surface area contributed by atoms with Crippen LogP contribution in [0.4, 0.5) is 0 Å². The van der Waals surface area contributed by atoms with Crippen LogP contribution in [0.2, 0.25) is 0 Å². The molecule has 2 aliphatic rings. The molecule has 1 aliphatic carbocycles. The number of aliphatic hydroxyl groups excluding tert-OH is 3. The summed E-state index contributed by atoms with van der Waals surface area (Å²) in [6, 6.07) is 1.52. The molecule has 0 spiro atoms. The Hall–Kier alpha value is -2.14. The second-order valence-electron chi connectivity index (χ2n) is 5.84. The van der Waals surface area contributed by atoms with Crippen molar-refractivity contribution in [3.8, 4) is 11.8 Å². The molecule has 5 N–H and O–H groups in total. The maximum absolute atomic E-state index is 10.4. The normalized spacial score (nSPS) is 32.4. The summed E-state index contributed by atoms with van der Waals surface area (Å²) in [5.41, 5.74) is 1.77. The molecule has 0 radical (unpaired) electrons. The van der Waals surface area contributed by atoms with E-state index in [1.54, 1.807) is 13.1 Å². The summed E-state index contributed by atoms with van der Waals surface area (Å²) < 4.78 is 1.92. The first-order chi connectivity index (χ1) is 11.1. The van der Waals surface area contributed by atoms with Crippen LogP contribution in [0.3, 0.4) is 0 Å². The number of rotatable bonds is 2. The number of nitrogens with zero attached hydrogens (tertiary/aromatic N) is 3. The summed E-state index contributed by atoms with van der Waals surface area (Å²) in [5.74, 6) is 10.6. The lowest BCUT2D eigenvalue weighted by atomic mass is 9.98. The highest BCUT2D eigenvalue weighted by molar-refractivity contribution is 6.06. The van der Waals surface area contributed by atoms with Crippen molar-refractivity contribution in [3.05, 3.63) is 23.5 Å². The summed E-state index contributed by atoms with van der Waals surface area (Å²) in [6.45, 7) is 1.63. The van der Waals surface area contributed by atoms with E-state index in [0.717, 1.165) is 11.3 Å². The third kappa shape index (κ3) is 2.55. The van der Waals surface area contributed by atoms with Crippen molar-refractivity contribution in [2.75, 3.05) is 0 Å². The van der Waals surface area contributed by atoms with E-state index in [0.29, 0.717) is 18.7 Å². The van der Waals surface area contributed by atoms with Crippen LogP contribution in [0.15, 0.2) is 22.4 Å². The molecule has 0 bridgehead atoms. The second kappa shape index (κ2) is 6.16. The predicted octanol–water partition coefficient (Wildman–Crippen LogP) is -0.598. The smallest absolute Gasteiger partial charge is 0.180 e. The van der Waals surface area contributed by atoms with Gasteiger partial charge in [-0.05, 0) is 19.4 Å². The topological polar surface area (TPSA) is 116 Å². The average Bonchev–Trinajstić information content (AvgIpc) is 3.10. The van der Waals surface area contributed by atoms with Gasteiger partial charge in [0.1, 0.15) is 12.2 Å². The molecule has 7 heteroatoms. The van der Waals surface area contributed by atoms with Crippen LogP contribution in [-0.2, 0) is 6.42 Å². The molecular weight excluding hydrogens is 296 g/mol. The maximum Gasteiger partial charge on any atom is 0.180 e. The quantitative estimate of drug-likeness (QED) is 0.331. The molecule has 1 aromatic rings. The third-order valence-electron chi connectivity index (χ3n) is 4.64. The van der Waals surface area contributed by atoms with Crippen LogP contribution in [0.1, 0.15) is 30.6 Å². The van der Waals surface area contributed by atoms with Gasteiger partial charge in [0.25, 0.3) is 0 Å². The number of aromatic nitrogens is 1. The summed E-state index contributed by atoms with van der Waals surface area (Å²) in [6.07, 6.45) is 1.65. The fraction of sp³-hybridized carbons (Fsp3) is 0.500.